The standard InChI is InChI=1S/C28H34N2O5/c1-3-30(16-18(2)27(32)33)26(31)23-14-8-9-15-25(23)29-28(34)35-17-24-21-12-6-4-10-19(21)20-11-5-7-13-22(20)24/h4-7,10-13,18,23-25H,3,8-9,14-17H2,1-2H3,(H,29,34)(H,32,33)/t18?,23-,25+/m1/s1. The summed E-state index contributed by atoms with van der Waals surface area (Å²) in [6.45, 7) is 4.28. The van der Waals surface area contributed by atoms with Crippen molar-refractivity contribution in [1.29, 1.82) is 0 Å². The number of alkyl carbamates (subject to hydrolysis) is 1. The predicted molar refractivity (Wildman–Crippen MR) is 133 cm³/mol. The van der Waals surface area contributed by atoms with Gasteiger partial charge in [0, 0.05) is 25.0 Å². The fraction of sp³-hybridized carbons (Fsp3) is 0.464. The molecule has 1 saturated carbocycles. The van der Waals surface area contributed by atoms with E-state index in [0.717, 1.165) is 24.0 Å². The lowest BCUT2D eigenvalue weighted by Crippen LogP contribution is -2.50. The Balaban J connectivity index is 1.40. The molecule has 3 atom stereocenters. The first-order valence-corrected chi connectivity index (χ1v) is 12.5. The molecule has 4 rings (SSSR count). The van der Waals surface area contributed by atoms with Crippen LogP contribution in [0.3, 0.4) is 0 Å². The Morgan fingerprint density at radius 2 is 1.63 bits per heavy atom. The molecule has 0 radical (unpaired) electrons. The zero-order valence-corrected chi connectivity index (χ0v) is 20.4. The minimum Gasteiger partial charge on any atom is -0.481 e. The van der Waals surface area contributed by atoms with Gasteiger partial charge >= 0.3 is 12.1 Å². The van der Waals surface area contributed by atoms with Crippen molar-refractivity contribution in [2.24, 2.45) is 11.8 Å². The second kappa shape index (κ2) is 10.9. The van der Waals surface area contributed by atoms with Gasteiger partial charge in [-0.15, -0.1) is 0 Å². The molecule has 2 N–H and O–H groups in total. The van der Waals surface area contributed by atoms with Crippen LogP contribution in [0.25, 0.3) is 11.1 Å². The smallest absolute Gasteiger partial charge is 0.407 e. The quantitative estimate of drug-likeness (QED) is 0.576. The van der Waals surface area contributed by atoms with Crippen molar-refractivity contribution >= 4 is 18.0 Å². The number of ether oxygens (including phenoxy) is 1. The number of rotatable bonds is 8. The second-order valence-corrected chi connectivity index (χ2v) is 9.58. The molecule has 2 aliphatic carbocycles. The number of carbonyl (C=O) groups is 3. The molecule has 0 saturated heterocycles. The van der Waals surface area contributed by atoms with Crippen LogP contribution in [0.5, 0.6) is 0 Å². The summed E-state index contributed by atoms with van der Waals surface area (Å²) in [5.41, 5.74) is 4.65. The first-order valence-electron chi connectivity index (χ1n) is 12.5. The van der Waals surface area contributed by atoms with E-state index < -0.39 is 18.0 Å². The van der Waals surface area contributed by atoms with Gasteiger partial charge in [-0.2, -0.15) is 0 Å². The van der Waals surface area contributed by atoms with Crippen molar-refractivity contribution in [2.75, 3.05) is 19.7 Å². The highest BCUT2D eigenvalue weighted by Gasteiger charge is 2.36. The zero-order valence-electron chi connectivity index (χ0n) is 20.4. The molecule has 1 fully saturated rings. The third kappa shape index (κ3) is 5.34. The highest BCUT2D eigenvalue weighted by molar-refractivity contribution is 5.82. The van der Waals surface area contributed by atoms with E-state index in [4.69, 9.17) is 4.74 Å². The van der Waals surface area contributed by atoms with Crippen LogP contribution in [-0.4, -0.2) is 53.7 Å². The number of carboxylic acid groups (broad SMARTS) is 1. The number of carboxylic acids is 1. The molecule has 0 aliphatic heterocycles. The number of hydrogen-bond acceptors (Lipinski definition) is 4. The third-order valence-corrected chi connectivity index (χ3v) is 7.34. The SMILES string of the molecule is CCN(CC(C)C(=O)O)C(=O)[C@@H]1CCCC[C@@H]1NC(=O)OCC1c2ccccc2-c2ccccc21. The predicted octanol–water partition coefficient (Wildman–Crippen LogP) is 4.65. The molecule has 0 bridgehead atoms. The van der Waals surface area contributed by atoms with Crippen LogP contribution in [0.4, 0.5) is 4.79 Å². The fourth-order valence-electron chi connectivity index (χ4n) is 5.41. The average Bonchev–Trinajstić information content (AvgIpc) is 3.19. The second-order valence-electron chi connectivity index (χ2n) is 9.58. The van der Waals surface area contributed by atoms with Gasteiger partial charge in [-0.3, -0.25) is 9.59 Å². The number of amides is 2. The lowest BCUT2D eigenvalue weighted by atomic mass is 9.83. The monoisotopic (exact) mass is 478 g/mol. The molecule has 7 heteroatoms. The van der Waals surface area contributed by atoms with Crippen molar-refractivity contribution in [3.05, 3.63) is 59.7 Å². The van der Waals surface area contributed by atoms with E-state index in [1.807, 2.05) is 31.2 Å². The van der Waals surface area contributed by atoms with Gasteiger partial charge in [0.2, 0.25) is 5.91 Å². The van der Waals surface area contributed by atoms with Gasteiger partial charge in [0.1, 0.15) is 6.61 Å². The summed E-state index contributed by atoms with van der Waals surface area (Å²) in [7, 11) is 0. The molecular weight excluding hydrogens is 444 g/mol. The largest absolute Gasteiger partial charge is 0.481 e. The lowest BCUT2D eigenvalue weighted by molar-refractivity contribution is -0.144. The van der Waals surface area contributed by atoms with Gasteiger partial charge in [-0.1, -0.05) is 68.3 Å². The topological polar surface area (TPSA) is 95.9 Å². The van der Waals surface area contributed by atoms with E-state index in [0.29, 0.717) is 19.4 Å². The molecule has 1 unspecified atom stereocenters. The van der Waals surface area contributed by atoms with Crippen LogP contribution >= 0.6 is 0 Å². The summed E-state index contributed by atoms with van der Waals surface area (Å²) >= 11 is 0. The summed E-state index contributed by atoms with van der Waals surface area (Å²) in [4.78, 5) is 39.0. The normalized spacial score (nSPS) is 19.8. The minimum atomic E-state index is -0.923. The molecule has 2 aromatic rings. The number of fused-ring (bicyclic) bond motifs is 3. The number of benzene rings is 2. The summed E-state index contributed by atoms with van der Waals surface area (Å²) in [5, 5.41) is 12.2. The third-order valence-electron chi connectivity index (χ3n) is 7.34. The first-order chi connectivity index (χ1) is 16.9. The van der Waals surface area contributed by atoms with Gasteiger partial charge in [0.25, 0.3) is 0 Å². The van der Waals surface area contributed by atoms with Crippen molar-refractivity contribution in [1.82, 2.24) is 10.2 Å². The summed E-state index contributed by atoms with van der Waals surface area (Å²) < 4.78 is 5.70. The Bertz CT molecular complexity index is 1040. The molecular formula is C28H34N2O5. The van der Waals surface area contributed by atoms with Crippen LogP contribution in [0, 0.1) is 11.8 Å². The number of nitrogens with zero attached hydrogens (tertiary/aromatic N) is 1. The Hall–Kier alpha value is -3.35. The van der Waals surface area contributed by atoms with Crippen LogP contribution < -0.4 is 5.32 Å². The van der Waals surface area contributed by atoms with Gasteiger partial charge in [-0.25, -0.2) is 4.79 Å². The van der Waals surface area contributed by atoms with E-state index in [-0.39, 0.29) is 36.9 Å². The number of nitrogens with one attached hydrogen (secondary N) is 1. The average molecular weight is 479 g/mol. The molecule has 0 heterocycles. The molecule has 7 nitrogen and oxygen atoms in total. The number of carbonyl (C=O) groups excluding carboxylic acids is 2. The molecule has 0 spiro atoms. The molecule has 2 amide bonds. The maximum Gasteiger partial charge on any atom is 0.407 e. The Labute approximate surface area is 206 Å². The van der Waals surface area contributed by atoms with Gasteiger partial charge < -0.3 is 20.1 Å². The lowest BCUT2D eigenvalue weighted by Gasteiger charge is -2.35. The molecule has 0 aromatic heterocycles. The van der Waals surface area contributed by atoms with E-state index in [9.17, 15) is 19.5 Å². The molecule has 2 aliphatic rings. The van der Waals surface area contributed by atoms with Crippen LogP contribution in [0.2, 0.25) is 0 Å². The summed E-state index contributed by atoms with van der Waals surface area (Å²) in [5.74, 6) is -2.05. The Morgan fingerprint density at radius 1 is 1.03 bits per heavy atom. The highest BCUT2D eigenvalue weighted by Crippen LogP contribution is 2.44. The fourth-order valence-corrected chi connectivity index (χ4v) is 5.41. The first kappa shape index (κ1) is 24.8. The van der Waals surface area contributed by atoms with Gasteiger partial charge in [0.05, 0.1) is 11.8 Å². The maximum absolute atomic E-state index is 13.3. The highest BCUT2D eigenvalue weighted by atomic mass is 16.5. The van der Waals surface area contributed by atoms with E-state index in [1.165, 1.54) is 11.1 Å². The van der Waals surface area contributed by atoms with Crippen molar-refractivity contribution in [2.45, 2.75) is 51.5 Å². The number of aliphatic carboxylic acids is 1. The van der Waals surface area contributed by atoms with Crippen molar-refractivity contribution in [3.8, 4) is 11.1 Å². The van der Waals surface area contributed by atoms with E-state index in [2.05, 4.69) is 29.6 Å². The maximum atomic E-state index is 13.3. The van der Waals surface area contributed by atoms with Crippen molar-refractivity contribution in [3.63, 3.8) is 0 Å². The van der Waals surface area contributed by atoms with E-state index in [1.54, 1.807) is 11.8 Å². The van der Waals surface area contributed by atoms with Crippen LogP contribution in [-0.2, 0) is 14.3 Å². The molecule has 35 heavy (non-hydrogen) atoms. The van der Waals surface area contributed by atoms with Gasteiger partial charge in [-0.05, 0) is 42.0 Å². The minimum absolute atomic E-state index is 0.0231. The Morgan fingerprint density at radius 3 is 2.23 bits per heavy atom. The zero-order chi connectivity index (χ0) is 24.9. The summed E-state index contributed by atoms with van der Waals surface area (Å²) in [6.07, 6.45) is 2.69. The Kier molecular flexibility index (Phi) is 7.73. The van der Waals surface area contributed by atoms with Crippen LogP contribution in [0.15, 0.2) is 48.5 Å². The van der Waals surface area contributed by atoms with E-state index >= 15 is 0 Å². The van der Waals surface area contributed by atoms with Crippen LogP contribution in [0.1, 0.15) is 56.6 Å². The number of hydrogen-bond donors (Lipinski definition) is 2. The summed E-state index contributed by atoms with van der Waals surface area (Å²) in [6, 6.07) is 16.1. The van der Waals surface area contributed by atoms with Crippen molar-refractivity contribution < 1.29 is 24.2 Å². The molecule has 186 valence electrons. The van der Waals surface area contributed by atoms with Gasteiger partial charge in [0.15, 0.2) is 0 Å². The molecule has 2 aromatic carbocycles.